The minimum absolute atomic E-state index is 0.000627. The van der Waals surface area contributed by atoms with Gasteiger partial charge in [-0.25, -0.2) is 9.97 Å². The Morgan fingerprint density at radius 1 is 0.743 bits per heavy atom. The first-order chi connectivity index (χ1) is 16.8. The van der Waals surface area contributed by atoms with Gasteiger partial charge in [-0.1, -0.05) is 17.7 Å². The zero-order valence-electron chi connectivity index (χ0n) is 19.9. The van der Waals surface area contributed by atoms with Crippen LogP contribution in [0.3, 0.4) is 0 Å². The van der Waals surface area contributed by atoms with Gasteiger partial charge in [0, 0.05) is 28.5 Å². The molecule has 1 aromatic carbocycles. The van der Waals surface area contributed by atoms with Crippen LogP contribution in [0.25, 0.3) is 11.4 Å². The number of aromatic nitrogens is 2. The Bertz CT molecular complexity index is 1020. The predicted octanol–water partition coefficient (Wildman–Crippen LogP) is 3.22. The topological polar surface area (TPSA) is 131 Å². The lowest BCUT2D eigenvalue weighted by atomic mass is 9.85. The van der Waals surface area contributed by atoms with E-state index in [-0.39, 0.29) is 54.0 Å². The van der Waals surface area contributed by atoms with Gasteiger partial charge in [0.25, 0.3) is 0 Å². The van der Waals surface area contributed by atoms with Crippen LogP contribution in [0.15, 0.2) is 30.6 Å². The molecule has 1 aromatic heterocycles. The molecule has 2 rings (SSSR count). The number of halogens is 1. The first kappa shape index (κ1) is 27.7. The molecule has 188 valence electrons. The van der Waals surface area contributed by atoms with Gasteiger partial charge in [-0.3, -0.25) is 19.2 Å². The lowest BCUT2D eigenvalue weighted by Crippen LogP contribution is -2.30. The van der Waals surface area contributed by atoms with Gasteiger partial charge < -0.3 is 18.9 Å². The molecule has 1 heterocycles. The van der Waals surface area contributed by atoms with Gasteiger partial charge >= 0.3 is 23.9 Å². The van der Waals surface area contributed by atoms with E-state index in [1.165, 1.54) is 24.5 Å². The summed E-state index contributed by atoms with van der Waals surface area (Å²) in [6.07, 6.45) is 2.84. The maximum atomic E-state index is 12.9. The Hall–Kier alpha value is -3.53. The number of hydrogen-bond acceptors (Lipinski definition) is 10. The van der Waals surface area contributed by atoms with Crippen LogP contribution in [0.1, 0.15) is 50.7 Å². The fraction of sp³-hybridized carbons (Fsp3) is 0.417. The second-order valence-electron chi connectivity index (χ2n) is 6.87. The summed E-state index contributed by atoms with van der Waals surface area (Å²) in [7, 11) is 0. The Morgan fingerprint density at radius 2 is 1.17 bits per heavy atom. The molecule has 10 nitrogen and oxygen atoms in total. The number of rotatable bonds is 11. The van der Waals surface area contributed by atoms with Gasteiger partial charge in [0.1, 0.15) is 0 Å². The van der Waals surface area contributed by atoms with Crippen LogP contribution >= 0.6 is 11.6 Å². The third kappa shape index (κ3) is 6.54. The number of benzene rings is 1. The van der Waals surface area contributed by atoms with E-state index in [4.69, 9.17) is 30.5 Å². The summed E-state index contributed by atoms with van der Waals surface area (Å²) >= 11 is 6.52. The summed E-state index contributed by atoms with van der Waals surface area (Å²) in [5.41, 5.74) is 0.00673. The Morgan fingerprint density at radius 3 is 1.60 bits per heavy atom. The summed E-state index contributed by atoms with van der Waals surface area (Å²) in [6, 6.07) is 4.31. The van der Waals surface area contributed by atoms with E-state index < -0.39 is 35.7 Å². The number of hydrogen-bond donors (Lipinski definition) is 0. The maximum Gasteiger partial charge on any atom is 0.324 e. The van der Waals surface area contributed by atoms with Crippen LogP contribution < -0.4 is 0 Å². The molecule has 0 atom stereocenters. The van der Waals surface area contributed by atoms with Crippen molar-refractivity contribution in [2.45, 2.75) is 39.5 Å². The smallest absolute Gasteiger partial charge is 0.324 e. The third-order valence-electron chi connectivity index (χ3n) is 4.70. The highest BCUT2D eigenvalue weighted by atomic mass is 35.5. The maximum absolute atomic E-state index is 12.9. The summed E-state index contributed by atoms with van der Waals surface area (Å²) in [6.45, 7) is 6.31. The first-order valence-electron chi connectivity index (χ1n) is 11.1. The Balaban J connectivity index is 2.95. The summed E-state index contributed by atoms with van der Waals surface area (Å²) in [5, 5.41) is -0.0197. The quantitative estimate of drug-likeness (QED) is 0.254. The molecule has 0 saturated heterocycles. The predicted molar refractivity (Wildman–Crippen MR) is 124 cm³/mol. The highest BCUT2D eigenvalue weighted by molar-refractivity contribution is 6.32. The van der Waals surface area contributed by atoms with Crippen LogP contribution in [-0.2, 0) is 38.1 Å². The Kier molecular flexibility index (Phi) is 10.6. The zero-order valence-corrected chi connectivity index (χ0v) is 20.7. The van der Waals surface area contributed by atoms with Crippen LogP contribution in [0.4, 0.5) is 0 Å². The van der Waals surface area contributed by atoms with E-state index in [9.17, 15) is 19.2 Å². The highest BCUT2D eigenvalue weighted by Crippen LogP contribution is 2.41. The largest absolute Gasteiger partial charge is 0.465 e. The molecule has 11 heteroatoms. The molecule has 0 radical (unpaired) electrons. The molecule has 35 heavy (non-hydrogen) atoms. The van der Waals surface area contributed by atoms with Gasteiger partial charge in [-0.2, -0.15) is 0 Å². The molecule has 0 saturated carbocycles. The molecular formula is C24H27ClN2O8. The van der Waals surface area contributed by atoms with Gasteiger partial charge in [-0.15, -0.1) is 0 Å². The summed E-state index contributed by atoms with van der Waals surface area (Å²) in [5.74, 6) is -6.81. The lowest BCUT2D eigenvalue weighted by Gasteiger charge is -2.23. The van der Waals surface area contributed by atoms with Crippen molar-refractivity contribution in [3.05, 3.63) is 46.7 Å². The monoisotopic (exact) mass is 506 g/mol. The van der Waals surface area contributed by atoms with Crippen LogP contribution in [0, 0.1) is 0 Å². The lowest BCUT2D eigenvalue weighted by molar-refractivity contribution is -0.158. The molecule has 0 N–H and O–H groups in total. The number of carbonyl (C=O) groups is 4. The van der Waals surface area contributed by atoms with Crippen molar-refractivity contribution < 1.29 is 38.1 Å². The number of esters is 4. The van der Waals surface area contributed by atoms with Gasteiger partial charge in [0.2, 0.25) is 0 Å². The Labute approximate surface area is 207 Å². The van der Waals surface area contributed by atoms with Crippen molar-refractivity contribution in [2.24, 2.45) is 0 Å². The van der Waals surface area contributed by atoms with E-state index >= 15 is 0 Å². The minimum atomic E-state index is -1.63. The first-order valence-corrected chi connectivity index (χ1v) is 11.5. The average molecular weight is 507 g/mol. The van der Waals surface area contributed by atoms with E-state index in [0.717, 1.165) is 0 Å². The second-order valence-corrected chi connectivity index (χ2v) is 7.28. The van der Waals surface area contributed by atoms with Crippen LogP contribution in [0.5, 0.6) is 0 Å². The van der Waals surface area contributed by atoms with Gasteiger partial charge in [0.05, 0.1) is 26.4 Å². The molecule has 2 aromatic rings. The average Bonchev–Trinajstić information content (AvgIpc) is 2.82. The summed E-state index contributed by atoms with van der Waals surface area (Å²) < 4.78 is 20.5. The van der Waals surface area contributed by atoms with Gasteiger partial charge in [0.15, 0.2) is 17.7 Å². The van der Waals surface area contributed by atoms with Crippen LogP contribution in [-0.4, -0.2) is 60.3 Å². The van der Waals surface area contributed by atoms with Crippen molar-refractivity contribution >= 4 is 35.5 Å². The van der Waals surface area contributed by atoms with Crippen molar-refractivity contribution in [1.29, 1.82) is 0 Å². The molecule has 0 unspecified atom stereocenters. The standard InChI is InChI=1S/C24H27ClN2O8/c1-5-32-21(28)17(22(29)33-6-2)14-10-11-15(25)18(16(14)20-26-12-9-13-27-20)19(23(30)34-7-3)24(31)35-8-4/h9-13,17,19H,5-8H2,1-4H3. The number of carbonyl (C=O) groups excluding carboxylic acids is 4. The fourth-order valence-corrected chi connectivity index (χ4v) is 3.66. The molecule has 0 aliphatic carbocycles. The minimum Gasteiger partial charge on any atom is -0.465 e. The van der Waals surface area contributed by atoms with Crippen molar-refractivity contribution in [1.82, 2.24) is 9.97 Å². The van der Waals surface area contributed by atoms with E-state index in [0.29, 0.717) is 0 Å². The highest BCUT2D eigenvalue weighted by Gasteiger charge is 2.41. The molecule has 0 aliphatic rings. The normalized spacial score (nSPS) is 10.7. The fourth-order valence-electron chi connectivity index (χ4n) is 3.40. The molecule has 0 spiro atoms. The number of nitrogens with zero attached hydrogens (tertiary/aromatic N) is 2. The van der Waals surface area contributed by atoms with Crippen molar-refractivity contribution in [2.75, 3.05) is 26.4 Å². The zero-order chi connectivity index (χ0) is 26.0. The molecule has 0 aliphatic heterocycles. The van der Waals surface area contributed by atoms with Crippen molar-refractivity contribution in [3.8, 4) is 11.4 Å². The molecule has 0 fully saturated rings. The second kappa shape index (κ2) is 13.4. The van der Waals surface area contributed by atoms with Crippen LogP contribution in [0.2, 0.25) is 5.02 Å². The molecular weight excluding hydrogens is 480 g/mol. The van der Waals surface area contributed by atoms with E-state index in [2.05, 4.69) is 9.97 Å². The SMILES string of the molecule is CCOC(=O)C(C(=O)OCC)c1ccc(Cl)c(C(C(=O)OCC)C(=O)OCC)c1-c1ncccn1. The summed E-state index contributed by atoms with van der Waals surface area (Å²) in [4.78, 5) is 60.1. The van der Waals surface area contributed by atoms with E-state index in [1.807, 2.05) is 0 Å². The third-order valence-corrected chi connectivity index (χ3v) is 5.03. The molecule has 0 amide bonds. The van der Waals surface area contributed by atoms with Gasteiger partial charge in [-0.05, 0) is 45.4 Å². The molecule has 0 bridgehead atoms. The van der Waals surface area contributed by atoms with E-state index in [1.54, 1.807) is 33.8 Å². The number of ether oxygens (including phenoxy) is 4. The van der Waals surface area contributed by atoms with Crippen molar-refractivity contribution in [3.63, 3.8) is 0 Å².